The van der Waals surface area contributed by atoms with Gasteiger partial charge in [0.2, 0.25) is 0 Å². The molecule has 0 aromatic carbocycles. The molecule has 0 fully saturated rings. The van der Waals surface area contributed by atoms with Crippen LogP contribution >= 0.6 is 0 Å². The van der Waals surface area contributed by atoms with Gasteiger partial charge in [0.05, 0.1) is 10.6 Å². The molecule has 0 bridgehead atoms. The minimum atomic E-state index is -0.387. The summed E-state index contributed by atoms with van der Waals surface area (Å²) in [6.07, 6.45) is 2.57. The van der Waals surface area contributed by atoms with E-state index in [0.29, 0.717) is 0 Å². The Kier molecular flexibility index (Phi) is 5.03. The van der Waals surface area contributed by atoms with Crippen LogP contribution in [0, 0.1) is 10.1 Å². The summed E-state index contributed by atoms with van der Waals surface area (Å²) >= 11 is 0. The van der Waals surface area contributed by atoms with Crippen molar-refractivity contribution in [3.8, 4) is 0 Å². The molecule has 0 spiro atoms. The molecular weight excluding hydrogens is 218 g/mol. The summed E-state index contributed by atoms with van der Waals surface area (Å²) in [7, 11) is 0. The number of nitro groups is 1. The van der Waals surface area contributed by atoms with Crippen LogP contribution in [0.4, 0.5) is 5.69 Å². The molecule has 94 valence electrons. The second-order valence-electron chi connectivity index (χ2n) is 4.23. The number of hydrogen-bond acceptors (Lipinski definition) is 4. The van der Waals surface area contributed by atoms with Crippen LogP contribution in [0.2, 0.25) is 0 Å². The summed E-state index contributed by atoms with van der Waals surface area (Å²) in [5.41, 5.74) is 0.861. The zero-order valence-electron chi connectivity index (χ0n) is 10.5. The molecule has 0 saturated carbocycles. The normalized spacial score (nSPS) is 14.3. The molecule has 2 unspecified atom stereocenters. The second-order valence-corrected chi connectivity index (χ2v) is 4.23. The highest BCUT2D eigenvalue weighted by Crippen LogP contribution is 2.20. The van der Waals surface area contributed by atoms with Crippen LogP contribution in [0.1, 0.15) is 38.8 Å². The average molecular weight is 237 g/mol. The first kappa shape index (κ1) is 13.6. The summed E-state index contributed by atoms with van der Waals surface area (Å²) in [5, 5.41) is 14.0. The minimum Gasteiger partial charge on any atom is -0.314 e. The number of pyridine rings is 1. The first-order valence-electron chi connectivity index (χ1n) is 5.90. The lowest BCUT2D eigenvalue weighted by Crippen LogP contribution is -2.31. The van der Waals surface area contributed by atoms with E-state index < -0.39 is 0 Å². The van der Waals surface area contributed by atoms with Gasteiger partial charge in [-0.25, -0.2) is 0 Å². The molecule has 1 heterocycles. The van der Waals surface area contributed by atoms with E-state index >= 15 is 0 Å². The Balaban J connectivity index is 2.77. The summed E-state index contributed by atoms with van der Waals surface area (Å²) in [4.78, 5) is 14.5. The van der Waals surface area contributed by atoms with E-state index in [-0.39, 0.29) is 22.6 Å². The summed E-state index contributed by atoms with van der Waals surface area (Å²) in [5.74, 6) is 0.154. The van der Waals surface area contributed by atoms with Gasteiger partial charge in [-0.3, -0.25) is 15.1 Å². The Morgan fingerprint density at radius 2 is 2.24 bits per heavy atom. The fourth-order valence-corrected chi connectivity index (χ4v) is 1.60. The third-order valence-electron chi connectivity index (χ3n) is 2.91. The molecule has 0 amide bonds. The van der Waals surface area contributed by atoms with Crippen molar-refractivity contribution in [2.45, 2.75) is 39.2 Å². The second kappa shape index (κ2) is 6.30. The Bertz CT molecular complexity index is 382. The van der Waals surface area contributed by atoms with Gasteiger partial charge in [-0.2, -0.15) is 0 Å². The van der Waals surface area contributed by atoms with Crippen LogP contribution in [0.15, 0.2) is 18.3 Å². The van der Waals surface area contributed by atoms with E-state index in [0.717, 1.165) is 18.7 Å². The van der Waals surface area contributed by atoms with Crippen LogP contribution in [0.5, 0.6) is 0 Å². The maximum atomic E-state index is 10.7. The molecule has 0 aliphatic rings. The van der Waals surface area contributed by atoms with Crippen LogP contribution in [-0.2, 0) is 0 Å². The van der Waals surface area contributed by atoms with Gasteiger partial charge in [0.25, 0.3) is 5.69 Å². The zero-order valence-corrected chi connectivity index (χ0v) is 10.5. The Labute approximate surface area is 101 Å². The molecule has 0 radical (unpaired) electrons. The number of aromatic nitrogens is 1. The summed E-state index contributed by atoms with van der Waals surface area (Å²) in [6, 6.07) is 3.22. The number of nitrogens with one attached hydrogen (secondary N) is 1. The quantitative estimate of drug-likeness (QED) is 0.609. The van der Waals surface area contributed by atoms with E-state index in [2.05, 4.69) is 24.1 Å². The van der Waals surface area contributed by atoms with Crippen molar-refractivity contribution in [1.82, 2.24) is 10.3 Å². The molecule has 17 heavy (non-hydrogen) atoms. The van der Waals surface area contributed by atoms with Crippen molar-refractivity contribution < 1.29 is 4.92 Å². The lowest BCUT2D eigenvalue weighted by atomic mass is 9.98. The van der Waals surface area contributed by atoms with Gasteiger partial charge in [-0.05, 0) is 19.9 Å². The molecular formula is C12H19N3O2. The summed E-state index contributed by atoms with van der Waals surface area (Å²) in [6.45, 7) is 7.15. The predicted molar refractivity (Wildman–Crippen MR) is 67.1 cm³/mol. The zero-order chi connectivity index (χ0) is 12.8. The van der Waals surface area contributed by atoms with Crippen LogP contribution in [0.25, 0.3) is 0 Å². The first-order chi connectivity index (χ1) is 8.06. The molecule has 5 nitrogen and oxygen atoms in total. The van der Waals surface area contributed by atoms with Crippen molar-refractivity contribution in [3.63, 3.8) is 0 Å². The maximum Gasteiger partial charge on any atom is 0.272 e. The van der Waals surface area contributed by atoms with Gasteiger partial charge in [-0.1, -0.05) is 13.8 Å². The highest BCUT2D eigenvalue weighted by Gasteiger charge is 2.17. The third kappa shape index (κ3) is 3.78. The van der Waals surface area contributed by atoms with Crippen molar-refractivity contribution >= 4 is 5.69 Å². The van der Waals surface area contributed by atoms with Crippen LogP contribution < -0.4 is 5.32 Å². The number of nitrogens with zero attached hydrogens (tertiary/aromatic N) is 2. The number of rotatable bonds is 6. The highest BCUT2D eigenvalue weighted by atomic mass is 16.6. The van der Waals surface area contributed by atoms with Crippen molar-refractivity contribution in [3.05, 3.63) is 34.1 Å². The van der Waals surface area contributed by atoms with E-state index in [1.807, 2.05) is 6.92 Å². The Morgan fingerprint density at radius 3 is 2.82 bits per heavy atom. The molecule has 1 N–H and O–H groups in total. The summed E-state index contributed by atoms with van der Waals surface area (Å²) < 4.78 is 0. The SMILES string of the molecule is CCCNC(C)C(C)c1cc([N+](=O)[O-])ccn1. The average Bonchev–Trinajstić information content (AvgIpc) is 2.35. The standard InChI is InChI=1S/C12H19N3O2/c1-4-6-13-10(3)9(2)12-8-11(15(16)17)5-7-14-12/h5,7-10,13H,4,6H2,1-3H3. The third-order valence-corrected chi connectivity index (χ3v) is 2.91. The Hall–Kier alpha value is -1.49. The lowest BCUT2D eigenvalue weighted by molar-refractivity contribution is -0.385. The minimum absolute atomic E-state index is 0.101. The smallest absolute Gasteiger partial charge is 0.272 e. The lowest BCUT2D eigenvalue weighted by Gasteiger charge is -2.20. The Morgan fingerprint density at radius 1 is 1.53 bits per heavy atom. The van der Waals surface area contributed by atoms with E-state index in [1.54, 1.807) is 6.07 Å². The van der Waals surface area contributed by atoms with Gasteiger partial charge in [0, 0.05) is 30.3 Å². The van der Waals surface area contributed by atoms with E-state index in [4.69, 9.17) is 0 Å². The number of hydrogen-bond donors (Lipinski definition) is 1. The monoisotopic (exact) mass is 237 g/mol. The molecule has 0 aliphatic heterocycles. The van der Waals surface area contributed by atoms with Crippen molar-refractivity contribution in [2.24, 2.45) is 0 Å². The van der Waals surface area contributed by atoms with Crippen LogP contribution in [-0.4, -0.2) is 22.5 Å². The van der Waals surface area contributed by atoms with Gasteiger partial charge in [-0.15, -0.1) is 0 Å². The van der Waals surface area contributed by atoms with Crippen molar-refractivity contribution in [1.29, 1.82) is 0 Å². The molecule has 1 aromatic heterocycles. The fourth-order valence-electron chi connectivity index (χ4n) is 1.60. The van der Waals surface area contributed by atoms with Crippen molar-refractivity contribution in [2.75, 3.05) is 6.54 Å². The molecule has 1 aromatic rings. The predicted octanol–water partition coefficient (Wildman–Crippen LogP) is 2.48. The largest absolute Gasteiger partial charge is 0.314 e. The molecule has 2 atom stereocenters. The topological polar surface area (TPSA) is 68.1 Å². The molecule has 1 rings (SSSR count). The van der Waals surface area contributed by atoms with E-state index in [9.17, 15) is 10.1 Å². The molecule has 5 heteroatoms. The first-order valence-corrected chi connectivity index (χ1v) is 5.90. The fraction of sp³-hybridized carbons (Fsp3) is 0.583. The van der Waals surface area contributed by atoms with Gasteiger partial charge in [0.15, 0.2) is 0 Å². The van der Waals surface area contributed by atoms with Crippen LogP contribution in [0.3, 0.4) is 0 Å². The van der Waals surface area contributed by atoms with E-state index in [1.165, 1.54) is 12.3 Å². The molecule has 0 saturated heterocycles. The maximum absolute atomic E-state index is 10.7. The van der Waals surface area contributed by atoms with Gasteiger partial charge < -0.3 is 5.32 Å². The highest BCUT2D eigenvalue weighted by molar-refractivity contribution is 5.31. The van der Waals surface area contributed by atoms with Gasteiger partial charge >= 0.3 is 0 Å². The molecule has 0 aliphatic carbocycles. The van der Waals surface area contributed by atoms with Gasteiger partial charge in [0.1, 0.15) is 0 Å².